The molecule has 2 aromatic carbocycles. The number of halogens is 2. The van der Waals surface area contributed by atoms with E-state index < -0.39 is 6.10 Å². The second kappa shape index (κ2) is 5.14. The molecule has 0 heterocycles. The molecule has 0 amide bonds. The summed E-state index contributed by atoms with van der Waals surface area (Å²) < 4.78 is 14.4. The van der Waals surface area contributed by atoms with Gasteiger partial charge in [0.2, 0.25) is 0 Å². The molecule has 0 radical (unpaired) electrons. The SMILES string of the molecule is Cc1ccc(C(O)c2ccccc2I)cc1F. The molecular formula is C14H12FIO. The van der Waals surface area contributed by atoms with Crippen LogP contribution in [-0.2, 0) is 0 Å². The number of hydrogen-bond donors (Lipinski definition) is 1. The van der Waals surface area contributed by atoms with Gasteiger partial charge in [0.1, 0.15) is 11.9 Å². The van der Waals surface area contributed by atoms with Gasteiger partial charge in [-0.05, 0) is 58.3 Å². The maximum Gasteiger partial charge on any atom is 0.126 e. The quantitative estimate of drug-likeness (QED) is 0.823. The van der Waals surface area contributed by atoms with Crippen molar-refractivity contribution in [3.8, 4) is 0 Å². The average molecular weight is 342 g/mol. The zero-order valence-corrected chi connectivity index (χ0v) is 11.5. The smallest absolute Gasteiger partial charge is 0.126 e. The fourth-order valence-corrected chi connectivity index (χ4v) is 2.34. The van der Waals surface area contributed by atoms with E-state index in [0.717, 1.165) is 9.13 Å². The molecule has 1 nitrogen and oxygen atoms in total. The van der Waals surface area contributed by atoms with E-state index in [1.165, 1.54) is 6.07 Å². The molecule has 0 saturated carbocycles. The van der Waals surface area contributed by atoms with Crippen LogP contribution in [0, 0.1) is 16.3 Å². The Kier molecular flexibility index (Phi) is 3.79. The van der Waals surface area contributed by atoms with Crippen molar-refractivity contribution in [3.05, 3.63) is 68.5 Å². The molecule has 2 rings (SSSR count). The van der Waals surface area contributed by atoms with E-state index in [9.17, 15) is 9.50 Å². The van der Waals surface area contributed by atoms with Gasteiger partial charge < -0.3 is 5.11 Å². The van der Waals surface area contributed by atoms with Crippen molar-refractivity contribution in [2.24, 2.45) is 0 Å². The van der Waals surface area contributed by atoms with Crippen LogP contribution >= 0.6 is 22.6 Å². The molecule has 3 heteroatoms. The minimum absolute atomic E-state index is 0.285. The van der Waals surface area contributed by atoms with Gasteiger partial charge in [0.25, 0.3) is 0 Å². The van der Waals surface area contributed by atoms with Crippen molar-refractivity contribution in [3.63, 3.8) is 0 Å². The molecule has 0 aromatic heterocycles. The number of rotatable bonds is 2. The van der Waals surface area contributed by atoms with Crippen molar-refractivity contribution >= 4 is 22.6 Å². The summed E-state index contributed by atoms with van der Waals surface area (Å²) in [7, 11) is 0. The van der Waals surface area contributed by atoms with Gasteiger partial charge in [0, 0.05) is 3.57 Å². The maximum absolute atomic E-state index is 13.4. The van der Waals surface area contributed by atoms with Crippen molar-refractivity contribution in [2.75, 3.05) is 0 Å². The van der Waals surface area contributed by atoms with Gasteiger partial charge in [-0.25, -0.2) is 4.39 Å². The lowest BCUT2D eigenvalue weighted by atomic mass is 10.0. The summed E-state index contributed by atoms with van der Waals surface area (Å²) in [6.07, 6.45) is -0.779. The summed E-state index contributed by atoms with van der Waals surface area (Å²) in [4.78, 5) is 0. The van der Waals surface area contributed by atoms with Crippen LogP contribution in [0.5, 0.6) is 0 Å². The van der Waals surface area contributed by atoms with Crippen molar-refractivity contribution < 1.29 is 9.50 Å². The van der Waals surface area contributed by atoms with Crippen LogP contribution in [0.15, 0.2) is 42.5 Å². The monoisotopic (exact) mass is 342 g/mol. The van der Waals surface area contributed by atoms with E-state index in [0.29, 0.717) is 11.1 Å². The van der Waals surface area contributed by atoms with Crippen molar-refractivity contribution in [2.45, 2.75) is 13.0 Å². The number of benzene rings is 2. The van der Waals surface area contributed by atoms with Crippen LogP contribution < -0.4 is 0 Å². The molecule has 88 valence electrons. The topological polar surface area (TPSA) is 20.2 Å². The Hall–Kier alpha value is -0.940. The standard InChI is InChI=1S/C14H12FIO/c1-9-6-7-10(8-12(9)15)14(17)11-4-2-3-5-13(11)16/h2-8,14,17H,1H3. The summed E-state index contributed by atoms with van der Waals surface area (Å²) in [5.41, 5.74) is 1.97. The van der Waals surface area contributed by atoms with Crippen molar-refractivity contribution in [1.29, 1.82) is 0 Å². The van der Waals surface area contributed by atoms with Crippen LogP contribution in [0.25, 0.3) is 0 Å². The van der Waals surface area contributed by atoms with Crippen LogP contribution in [0.2, 0.25) is 0 Å². The molecule has 0 aliphatic carbocycles. The molecule has 0 fully saturated rings. The molecule has 17 heavy (non-hydrogen) atoms. The van der Waals surface area contributed by atoms with Crippen LogP contribution in [0.4, 0.5) is 4.39 Å². The second-order valence-corrected chi connectivity index (χ2v) is 5.09. The van der Waals surface area contributed by atoms with Gasteiger partial charge in [-0.2, -0.15) is 0 Å². The minimum Gasteiger partial charge on any atom is -0.384 e. The summed E-state index contributed by atoms with van der Waals surface area (Å²) in [6.45, 7) is 1.71. The van der Waals surface area contributed by atoms with Gasteiger partial charge >= 0.3 is 0 Å². The molecule has 1 atom stereocenters. The Balaban J connectivity index is 2.40. The van der Waals surface area contributed by atoms with E-state index in [-0.39, 0.29) is 5.82 Å². The first kappa shape index (κ1) is 12.5. The molecule has 0 spiro atoms. The zero-order chi connectivity index (χ0) is 12.4. The predicted molar refractivity (Wildman–Crippen MR) is 74.4 cm³/mol. The first-order chi connectivity index (χ1) is 8.09. The average Bonchev–Trinajstić information content (AvgIpc) is 2.32. The van der Waals surface area contributed by atoms with Crippen LogP contribution in [-0.4, -0.2) is 5.11 Å². The molecular weight excluding hydrogens is 330 g/mol. The molecule has 2 aromatic rings. The lowest BCUT2D eigenvalue weighted by Crippen LogP contribution is -2.02. The number of aliphatic hydroxyl groups excluding tert-OH is 1. The largest absolute Gasteiger partial charge is 0.384 e. The third-order valence-electron chi connectivity index (χ3n) is 2.71. The normalized spacial score (nSPS) is 12.5. The third kappa shape index (κ3) is 2.66. The summed E-state index contributed by atoms with van der Waals surface area (Å²) in [5.74, 6) is -0.285. The number of aliphatic hydroxyl groups is 1. The highest BCUT2D eigenvalue weighted by Crippen LogP contribution is 2.26. The van der Waals surface area contributed by atoms with E-state index in [4.69, 9.17) is 0 Å². The van der Waals surface area contributed by atoms with E-state index in [2.05, 4.69) is 22.6 Å². The lowest BCUT2D eigenvalue weighted by Gasteiger charge is -2.13. The second-order valence-electron chi connectivity index (χ2n) is 3.93. The highest BCUT2D eigenvalue weighted by atomic mass is 127. The molecule has 0 bridgehead atoms. The van der Waals surface area contributed by atoms with Gasteiger partial charge in [0.15, 0.2) is 0 Å². The number of hydrogen-bond acceptors (Lipinski definition) is 1. The Bertz CT molecular complexity index is 539. The highest BCUT2D eigenvalue weighted by molar-refractivity contribution is 14.1. The molecule has 0 aliphatic heterocycles. The fourth-order valence-electron chi connectivity index (χ4n) is 1.66. The zero-order valence-electron chi connectivity index (χ0n) is 9.32. The Morgan fingerprint density at radius 1 is 1.18 bits per heavy atom. The van der Waals surface area contributed by atoms with Crippen LogP contribution in [0.1, 0.15) is 22.8 Å². The summed E-state index contributed by atoms with van der Waals surface area (Å²) in [6, 6.07) is 12.4. The van der Waals surface area contributed by atoms with Gasteiger partial charge in [-0.15, -0.1) is 0 Å². The highest BCUT2D eigenvalue weighted by Gasteiger charge is 2.14. The Morgan fingerprint density at radius 3 is 2.53 bits per heavy atom. The van der Waals surface area contributed by atoms with Crippen LogP contribution in [0.3, 0.4) is 0 Å². The Morgan fingerprint density at radius 2 is 1.88 bits per heavy atom. The maximum atomic E-state index is 13.4. The van der Waals surface area contributed by atoms with Gasteiger partial charge in [-0.3, -0.25) is 0 Å². The van der Waals surface area contributed by atoms with E-state index >= 15 is 0 Å². The van der Waals surface area contributed by atoms with E-state index in [1.807, 2.05) is 24.3 Å². The lowest BCUT2D eigenvalue weighted by molar-refractivity contribution is 0.219. The molecule has 0 saturated heterocycles. The summed E-state index contributed by atoms with van der Waals surface area (Å²) in [5, 5.41) is 10.2. The summed E-state index contributed by atoms with van der Waals surface area (Å²) >= 11 is 2.16. The van der Waals surface area contributed by atoms with Gasteiger partial charge in [-0.1, -0.05) is 30.3 Å². The number of aryl methyl sites for hydroxylation is 1. The molecule has 1 N–H and O–H groups in total. The predicted octanol–water partition coefficient (Wildman–Crippen LogP) is 3.82. The first-order valence-corrected chi connectivity index (χ1v) is 6.36. The van der Waals surface area contributed by atoms with Crippen molar-refractivity contribution in [1.82, 2.24) is 0 Å². The minimum atomic E-state index is -0.779. The molecule has 0 aliphatic rings. The Labute approximate surface area is 113 Å². The third-order valence-corrected chi connectivity index (χ3v) is 3.69. The molecule has 1 unspecified atom stereocenters. The fraction of sp³-hybridized carbons (Fsp3) is 0.143. The van der Waals surface area contributed by atoms with Gasteiger partial charge in [0.05, 0.1) is 0 Å². The first-order valence-electron chi connectivity index (χ1n) is 5.28. The van der Waals surface area contributed by atoms with E-state index in [1.54, 1.807) is 19.1 Å².